The van der Waals surface area contributed by atoms with Crippen molar-refractivity contribution in [2.24, 2.45) is 5.92 Å². The molecule has 3 heteroatoms. The zero-order valence-corrected chi connectivity index (χ0v) is 12.2. The fraction of sp³-hybridized carbons (Fsp3) is 0.625. The second kappa shape index (κ2) is 7.51. The minimum atomic E-state index is 0.739. The van der Waals surface area contributed by atoms with Gasteiger partial charge in [0, 0.05) is 6.54 Å². The quantitative estimate of drug-likeness (QED) is 0.772. The summed E-state index contributed by atoms with van der Waals surface area (Å²) in [4.78, 5) is 0. The van der Waals surface area contributed by atoms with Crippen LogP contribution in [0.3, 0.4) is 0 Å². The Bertz CT molecular complexity index is 366. The smallest absolute Gasteiger partial charge is 0.119 e. The summed E-state index contributed by atoms with van der Waals surface area (Å²) in [5, 5.41) is 6.93. The monoisotopic (exact) mass is 262 g/mol. The van der Waals surface area contributed by atoms with Gasteiger partial charge in [0.2, 0.25) is 0 Å². The van der Waals surface area contributed by atoms with Gasteiger partial charge >= 0.3 is 0 Å². The number of piperidine rings is 1. The zero-order chi connectivity index (χ0) is 13.5. The molecule has 1 saturated heterocycles. The highest BCUT2D eigenvalue weighted by molar-refractivity contribution is 5.32. The Morgan fingerprint density at radius 1 is 1.26 bits per heavy atom. The molecule has 1 aliphatic heterocycles. The summed E-state index contributed by atoms with van der Waals surface area (Å²) < 4.78 is 5.78. The van der Waals surface area contributed by atoms with Crippen LogP contribution in [0.2, 0.25) is 0 Å². The van der Waals surface area contributed by atoms with Gasteiger partial charge in [0.15, 0.2) is 0 Å². The van der Waals surface area contributed by atoms with E-state index in [0.717, 1.165) is 37.9 Å². The van der Waals surface area contributed by atoms with Crippen molar-refractivity contribution in [3.05, 3.63) is 29.3 Å². The van der Waals surface area contributed by atoms with Gasteiger partial charge in [0.05, 0.1) is 0 Å². The predicted molar refractivity (Wildman–Crippen MR) is 79.9 cm³/mol. The van der Waals surface area contributed by atoms with Crippen LogP contribution in [0.5, 0.6) is 5.75 Å². The average molecular weight is 262 g/mol. The Morgan fingerprint density at radius 3 is 2.74 bits per heavy atom. The molecule has 0 saturated carbocycles. The Hall–Kier alpha value is -1.06. The van der Waals surface area contributed by atoms with E-state index in [1.165, 1.54) is 30.5 Å². The third-order valence-electron chi connectivity index (χ3n) is 3.57. The summed E-state index contributed by atoms with van der Waals surface area (Å²) in [6.45, 7) is 9.31. The Labute approximate surface area is 116 Å². The number of benzene rings is 1. The molecule has 1 atom stereocenters. The molecular formula is C16H26N2O. The number of aryl methyl sites for hydroxylation is 2. The van der Waals surface area contributed by atoms with Crippen molar-refractivity contribution in [3.8, 4) is 5.75 Å². The summed E-state index contributed by atoms with van der Waals surface area (Å²) in [6.07, 6.45) is 2.66. The molecule has 1 aliphatic rings. The molecule has 3 nitrogen and oxygen atoms in total. The summed E-state index contributed by atoms with van der Waals surface area (Å²) in [5.41, 5.74) is 2.52. The molecular weight excluding hydrogens is 236 g/mol. The summed E-state index contributed by atoms with van der Waals surface area (Å²) >= 11 is 0. The molecule has 1 aromatic carbocycles. The first-order chi connectivity index (χ1) is 9.24. The fourth-order valence-electron chi connectivity index (χ4n) is 2.66. The van der Waals surface area contributed by atoms with E-state index in [1.54, 1.807) is 0 Å². The van der Waals surface area contributed by atoms with Crippen LogP contribution < -0.4 is 15.4 Å². The summed E-state index contributed by atoms with van der Waals surface area (Å²) in [7, 11) is 0. The summed E-state index contributed by atoms with van der Waals surface area (Å²) in [5.74, 6) is 1.77. The van der Waals surface area contributed by atoms with Crippen LogP contribution >= 0.6 is 0 Å². The van der Waals surface area contributed by atoms with E-state index in [1.807, 2.05) is 0 Å². The van der Waals surface area contributed by atoms with E-state index >= 15 is 0 Å². The lowest BCUT2D eigenvalue weighted by Gasteiger charge is -2.22. The van der Waals surface area contributed by atoms with Crippen molar-refractivity contribution < 1.29 is 4.74 Å². The van der Waals surface area contributed by atoms with Gasteiger partial charge in [0.1, 0.15) is 12.4 Å². The minimum absolute atomic E-state index is 0.739. The van der Waals surface area contributed by atoms with Gasteiger partial charge in [-0.1, -0.05) is 6.07 Å². The van der Waals surface area contributed by atoms with Crippen LogP contribution in [0.25, 0.3) is 0 Å². The summed E-state index contributed by atoms with van der Waals surface area (Å²) in [6, 6.07) is 6.36. The van der Waals surface area contributed by atoms with Crippen molar-refractivity contribution in [2.75, 3.05) is 32.8 Å². The van der Waals surface area contributed by atoms with Gasteiger partial charge < -0.3 is 15.4 Å². The van der Waals surface area contributed by atoms with Crippen molar-refractivity contribution in [1.82, 2.24) is 10.6 Å². The van der Waals surface area contributed by atoms with Gasteiger partial charge in [-0.3, -0.25) is 0 Å². The molecule has 0 radical (unpaired) electrons. The number of hydrogen-bond acceptors (Lipinski definition) is 3. The molecule has 0 bridgehead atoms. The highest BCUT2D eigenvalue weighted by Gasteiger charge is 2.11. The SMILES string of the molecule is Cc1cc(C)cc(OCCNCC2CCCNC2)c1. The van der Waals surface area contributed by atoms with Crippen LogP contribution in [0.1, 0.15) is 24.0 Å². The molecule has 1 fully saturated rings. The van der Waals surface area contributed by atoms with E-state index in [9.17, 15) is 0 Å². The Morgan fingerprint density at radius 2 is 2.05 bits per heavy atom. The molecule has 19 heavy (non-hydrogen) atoms. The molecule has 2 rings (SSSR count). The first kappa shape index (κ1) is 14.4. The van der Waals surface area contributed by atoms with Gasteiger partial charge in [-0.25, -0.2) is 0 Å². The first-order valence-electron chi connectivity index (χ1n) is 7.36. The maximum atomic E-state index is 5.78. The lowest BCUT2D eigenvalue weighted by molar-refractivity contribution is 0.299. The zero-order valence-electron chi connectivity index (χ0n) is 12.2. The largest absolute Gasteiger partial charge is 0.492 e. The second-order valence-electron chi connectivity index (χ2n) is 5.59. The number of rotatable bonds is 6. The fourth-order valence-corrected chi connectivity index (χ4v) is 2.66. The van der Waals surface area contributed by atoms with Gasteiger partial charge in [-0.15, -0.1) is 0 Å². The lowest BCUT2D eigenvalue weighted by Crippen LogP contribution is -2.37. The number of nitrogens with one attached hydrogen (secondary N) is 2. The lowest BCUT2D eigenvalue weighted by atomic mass is 10.00. The van der Waals surface area contributed by atoms with Crippen LogP contribution in [0.15, 0.2) is 18.2 Å². The van der Waals surface area contributed by atoms with E-state index in [0.29, 0.717) is 0 Å². The topological polar surface area (TPSA) is 33.3 Å². The highest BCUT2D eigenvalue weighted by atomic mass is 16.5. The molecule has 0 spiro atoms. The van der Waals surface area contributed by atoms with Crippen molar-refractivity contribution >= 4 is 0 Å². The molecule has 106 valence electrons. The molecule has 2 N–H and O–H groups in total. The normalized spacial score (nSPS) is 19.4. The van der Waals surface area contributed by atoms with E-state index < -0.39 is 0 Å². The Balaban J connectivity index is 1.60. The van der Waals surface area contributed by atoms with Crippen molar-refractivity contribution in [3.63, 3.8) is 0 Å². The molecule has 0 amide bonds. The van der Waals surface area contributed by atoms with Crippen LogP contribution in [-0.2, 0) is 0 Å². The second-order valence-corrected chi connectivity index (χ2v) is 5.59. The molecule has 0 aromatic heterocycles. The molecule has 1 aromatic rings. The standard InChI is InChI=1S/C16H26N2O/c1-13-8-14(2)10-16(9-13)19-7-6-18-12-15-4-3-5-17-11-15/h8-10,15,17-18H,3-7,11-12H2,1-2H3. The molecule has 0 aliphatic carbocycles. The van der Waals surface area contributed by atoms with E-state index in [-0.39, 0.29) is 0 Å². The molecule has 1 unspecified atom stereocenters. The molecule has 1 heterocycles. The van der Waals surface area contributed by atoms with Crippen molar-refractivity contribution in [1.29, 1.82) is 0 Å². The predicted octanol–water partition coefficient (Wildman–Crippen LogP) is 2.27. The van der Waals surface area contributed by atoms with Crippen LogP contribution in [-0.4, -0.2) is 32.8 Å². The minimum Gasteiger partial charge on any atom is -0.492 e. The first-order valence-corrected chi connectivity index (χ1v) is 7.36. The Kier molecular flexibility index (Phi) is 5.67. The van der Waals surface area contributed by atoms with Gasteiger partial charge in [0.25, 0.3) is 0 Å². The van der Waals surface area contributed by atoms with E-state index in [2.05, 4.69) is 42.7 Å². The van der Waals surface area contributed by atoms with E-state index in [4.69, 9.17) is 4.74 Å². The maximum Gasteiger partial charge on any atom is 0.119 e. The van der Waals surface area contributed by atoms with Gasteiger partial charge in [-0.2, -0.15) is 0 Å². The van der Waals surface area contributed by atoms with Crippen LogP contribution in [0, 0.1) is 19.8 Å². The highest BCUT2D eigenvalue weighted by Crippen LogP contribution is 2.15. The number of ether oxygens (including phenoxy) is 1. The average Bonchev–Trinajstić information content (AvgIpc) is 2.38. The van der Waals surface area contributed by atoms with Crippen molar-refractivity contribution in [2.45, 2.75) is 26.7 Å². The third-order valence-corrected chi connectivity index (χ3v) is 3.57. The third kappa shape index (κ3) is 5.21. The van der Waals surface area contributed by atoms with Gasteiger partial charge in [-0.05, 0) is 75.5 Å². The number of hydrogen-bond donors (Lipinski definition) is 2. The van der Waals surface area contributed by atoms with Crippen LogP contribution in [0.4, 0.5) is 0 Å². The maximum absolute atomic E-state index is 5.78.